The lowest BCUT2D eigenvalue weighted by atomic mass is 9.98. The van der Waals surface area contributed by atoms with Gasteiger partial charge in [0, 0.05) is 81.4 Å². The zero-order chi connectivity index (χ0) is 36.1. The number of carbonyl (C=O) groups excluding carboxylic acids is 2. The number of esters is 1. The van der Waals surface area contributed by atoms with E-state index < -0.39 is 5.97 Å². The summed E-state index contributed by atoms with van der Waals surface area (Å²) in [6, 6.07) is 10.8. The van der Waals surface area contributed by atoms with Crippen molar-refractivity contribution in [3.05, 3.63) is 81.8 Å². The van der Waals surface area contributed by atoms with Crippen LogP contribution in [0, 0.1) is 0 Å². The van der Waals surface area contributed by atoms with Crippen LogP contribution in [0.4, 0.5) is 23.0 Å². The van der Waals surface area contributed by atoms with Gasteiger partial charge in [0.2, 0.25) is 0 Å². The van der Waals surface area contributed by atoms with E-state index >= 15 is 0 Å². The second kappa shape index (κ2) is 13.8. The van der Waals surface area contributed by atoms with Crippen molar-refractivity contribution >= 4 is 34.9 Å². The first-order valence-corrected chi connectivity index (χ1v) is 18.3. The number of amides is 1. The standard InChI is InChI=1S/C39H46N8O5/c1-24-19-47(30-21-51-22-30)25(2)18-46(24)29-9-10-36(41-17-29)42-33-15-28(20-43(4)38(33)49)31-11-12-40-37(32(31)23-52-26(3)48)45-14-13-44-34-8-6-5-7-27(34)16-35(44)39(45)50/h9-12,15-17,20,24-25,30H,5-8,13-14,18-19,21-23H2,1-4H3,(H,41,42)/t24-,25+/m0/s1. The molecule has 0 saturated carbocycles. The highest BCUT2D eigenvalue weighted by Crippen LogP contribution is 2.35. The molecule has 2 saturated heterocycles. The fourth-order valence-electron chi connectivity index (χ4n) is 8.29. The molecule has 1 amide bonds. The zero-order valence-electron chi connectivity index (χ0n) is 30.3. The van der Waals surface area contributed by atoms with E-state index in [1.165, 1.54) is 22.7 Å². The highest BCUT2D eigenvalue weighted by atomic mass is 16.5. The molecule has 1 N–H and O–H groups in total. The monoisotopic (exact) mass is 706 g/mol. The minimum absolute atomic E-state index is 0.0799. The maximum atomic E-state index is 14.0. The first-order valence-electron chi connectivity index (χ1n) is 18.3. The molecule has 0 radical (unpaired) electrons. The molecular formula is C39H46N8O5. The fraction of sp³-hybridized carbons (Fsp3) is 0.462. The lowest BCUT2D eigenvalue weighted by Crippen LogP contribution is -2.63. The Bertz CT molecular complexity index is 2070. The van der Waals surface area contributed by atoms with Crippen molar-refractivity contribution < 1.29 is 19.1 Å². The van der Waals surface area contributed by atoms with Crippen molar-refractivity contribution in [3.8, 4) is 11.1 Å². The third kappa shape index (κ3) is 6.25. The van der Waals surface area contributed by atoms with Crippen LogP contribution < -0.4 is 20.7 Å². The molecule has 8 rings (SSSR count). The smallest absolute Gasteiger partial charge is 0.302 e. The number of ether oxygens (including phenoxy) is 2. The van der Waals surface area contributed by atoms with Gasteiger partial charge in [-0.1, -0.05) is 0 Å². The molecule has 0 aromatic carbocycles. The SMILES string of the molecule is CC(=O)OCc1c(-c2cc(Nc3ccc(N4C[C@@H](C)N(C5COC5)C[C@@H]4C)cn3)c(=O)n(C)c2)ccnc1N1CCn2c(cc3c2CCCC3)C1=O. The van der Waals surface area contributed by atoms with Crippen molar-refractivity contribution in [2.75, 3.05) is 48.0 Å². The number of anilines is 4. The largest absolute Gasteiger partial charge is 0.461 e. The molecule has 0 bridgehead atoms. The zero-order valence-corrected chi connectivity index (χ0v) is 30.3. The van der Waals surface area contributed by atoms with E-state index in [1.807, 2.05) is 30.5 Å². The predicted molar refractivity (Wildman–Crippen MR) is 198 cm³/mol. The average Bonchev–Trinajstić information content (AvgIpc) is 3.50. The summed E-state index contributed by atoms with van der Waals surface area (Å²) in [6.45, 7) is 10.4. The van der Waals surface area contributed by atoms with Gasteiger partial charge < -0.3 is 28.8 Å². The Hall–Kier alpha value is -5.01. The van der Waals surface area contributed by atoms with E-state index in [4.69, 9.17) is 14.5 Å². The van der Waals surface area contributed by atoms with E-state index in [2.05, 4.69) is 38.5 Å². The van der Waals surface area contributed by atoms with Crippen LogP contribution in [0.1, 0.15) is 60.9 Å². The molecule has 13 nitrogen and oxygen atoms in total. The molecule has 2 fully saturated rings. The van der Waals surface area contributed by atoms with Gasteiger partial charge in [0.05, 0.1) is 31.1 Å². The number of piperazine rings is 1. The van der Waals surface area contributed by atoms with Crippen LogP contribution in [0.3, 0.4) is 0 Å². The number of nitrogens with one attached hydrogen (secondary N) is 1. The number of hydrogen-bond donors (Lipinski definition) is 1. The molecule has 0 spiro atoms. The maximum Gasteiger partial charge on any atom is 0.302 e. The molecule has 2 atom stereocenters. The number of fused-ring (bicyclic) bond motifs is 3. The molecular weight excluding hydrogens is 660 g/mol. The van der Waals surface area contributed by atoms with Gasteiger partial charge in [0.15, 0.2) is 0 Å². The number of nitrogens with zero attached hydrogens (tertiary/aromatic N) is 7. The van der Waals surface area contributed by atoms with E-state index in [-0.39, 0.29) is 18.1 Å². The lowest BCUT2D eigenvalue weighted by molar-refractivity contribution is -0.142. The van der Waals surface area contributed by atoms with Crippen molar-refractivity contribution in [3.63, 3.8) is 0 Å². The van der Waals surface area contributed by atoms with Crippen molar-refractivity contribution in [1.29, 1.82) is 0 Å². The molecule has 13 heteroatoms. The van der Waals surface area contributed by atoms with Crippen LogP contribution in [0.15, 0.2) is 53.7 Å². The summed E-state index contributed by atoms with van der Waals surface area (Å²) < 4.78 is 14.7. The second-order valence-corrected chi connectivity index (χ2v) is 14.6. The van der Waals surface area contributed by atoms with Gasteiger partial charge >= 0.3 is 5.97 Å². The first kappa shape index (κ1) is 34.1. The van der Waals surface area contributed by atoms with Crippen LogP contribution in [-0.2, 0) is 47.3 Å². The summed E-state index contributed by atoms with van der Waals surface area (Å²) in [7, 11) is 1.70. The Balaban J connectivity index is 1.07. The molecule has 0 unspecified atom stereocenters. The lowest BCUT2D eigenvalue weighted by Gasteiger charge is -2.50. The van der Waals surface area contributed by atoms with E-state index in [1.54, 1.807) is 30.4 Å². The van der Waals surface area contributed by atoms with Crippen molar-refractivity contribution in [2.24, 2.45) is 7.05 Å². The van der Waals surface area contributed by atoms with E-state index in [0.717, 1.165) is 57.7 Å². The van der Waals surface area contributed by atoms with Crippen molar-refractivity contribution in [1.82, 2.24) is 24.0 Å². The Kier molecular flexibility index (Phi) is 9.08. The molecule has 4 aromatic heterocycles. The number of carbonyl (C=O) groups is 2. The average molecular weight is 707 g/mol. The second-order valence-electron chi connectivity index (χ2n) is 14.6. The molecule has 1 aliphatic carbocycles. The van der Waals surface area contributed by atoms with Gasteiger partial charge in [-0.05, 0) is 81.0 Å². The summed E-state index contributed by atoms with van der Waals surface area (Å²) in [5.74, 6) is 0.429. The third-order valence-electron chi connectivity index (χ3n) is 11.1. The number of pyridine rings is 3. The summed E-state index contributed by atoms with van der Waals surface area (Å²) in [6.07, 6.45) is 9.51. The summed E-state index contributed by atoms with van der Waals surface area (Å²) in [4.78, 5) is 55.6. The topological polar surface area (TPSA) is 127 Å². The molecule has 4 aliphatic rings. The van der Waals surface area contributed by atoms with Crippen LogP contribution in [0.5, 0.6) is 0 Å². The normalized spacial score (nSPS) is 20.7. The molecule has 4 aromatic rings. The predicted octanol–water partition coefficient (Wildman–Crippen LogP) is 4.29. The Morgan fingerprint density at radius 3 is 2.60 bits per heavy atom. The highest BCUT2D eigenvalue weighted by molar-refractivity contribution is 6.06. The van der Waals surface area contributed by atoms with Gasteiger partial charge in [-0.3, -0.25) is 24.2 Å². The molecule has 3 aliphatic heterocycles. The molecule has 7 heterocycles. The Labute approximate surface area is 303 Å². The fourth-order valence-corrected chi connectivity index (χ4v) is 8.29. The van der Waals surface area contributed by atoms with Crippen LogP contribution >= 0.6 is 0 Å². The van der Waals surface area contributed by atoms with Gasteiger partial charge in [-0.25, -0.2) is 9.97 Å². The van der Waals surface area contributed by atoms with Gasteiger partial charge in [0.1, 0.15) is 29.6 Å². The van der Waals surface area contributed by atoms with E-state index in [0.29, 0.717) is 70.9 Å². The minimum atomic E-state index is -0.441. The molecule has 52 heavy (non-hydrogen) atoms. The minimum Gasteiger partial charge on any atom is -0.461 e. The highest BCUT2D eigenvalue weighted by Gasteiger charge is 2.37. The first-order chi connectivity index (χ1) is 25.2. The summed E-state index contributed by atoms with van der Waals surface area (Å²) in [5, 5.41) is 3.25. The number of hydrogen-bond acceptors (Lipinski definition) is 10. The van der Waals surface area contributed by atoms with E-state index in [9.17, 15) is 14.4 Å². The van der Waals surface area contributed by atoms with Gasteiger partial charge in [0.25, 0.3) is 11.5 Å². The van der Waals surface area contributed by atoms with Crippen LogP contribution in [0.25, 0.3) is 11.1 Å². The Morgan fingerprint density at radius 2 is 1.85 bits per heavy atom. The van der Waals surface area contributed by atoms with Crippen LogP contribution in [0.2, 0.25) is 0 Å². The number of aryl methyl sites for hydroxylation is 2. The molecule has 272 valence electrons. The van der Waals surface area contributed by atoms with Gasteiger partial charge in [-0.2, -0.15) is 0 Å². The summed E-state index contributed by atoms with van der Waals surface area (Å²) in [5.41, 5.74) is 6.36. The van der Waals surface area contributed by atoms with Crippen molar-refractivity contribution in [2.45, 2.75) is 77.7 Å². The quantitative estimate of drug-likeness (QED) is 0.265. The number of aromatic nitrogens is 4. The maximum absolute atomic E-state index is 14.0. The summed E-state index contributed by atoms with van der Waals surface area (Å²) >= 11 is 0. The number of rotatable bonds is 8. The third-order valence-corrected chi connectivity index (χ3v) is 11.1. The Morgan fingerprint density at radius 1 is 1.02 bits per heavy atom. The van der Waals surface area contributed by atoms with Gasteiger partial charge in [-0.15, -0.1) is 0 Å². The van der Waals surface area contributed by atoms with Crippen LogP contribution in [-0.4, -0.2) is 86.9 Å².